The molecule has 5 nitrogen and oxygen atoms in total. The molecule has 6 heteroatoms. The normalized spacial score (nSPS) is 17.8. The number of hydrogen-bond donors (Lipinski definition) is 1. The van der Waals surface area contributed by atoms with Crippen LogP contribution in [0.2, 0.25) is 0 Å². The summed E-state index contributed by atoms with van der Waals surface area (Å²) >= 11 is 0. The van der Waals surface area contributed by atoms with Gasteiger partial charge in [-0.15, -0.1) is 0 Å². The van der Waals surface area contributed by atoms with Crippen LogP contribution >= 0.6 is 7.82 Å². The van der Waals surface area contributed by atoms with Gasteiger partial charge in [0.15, 0.2) is 0 Å². The average Bonchev–Trinajstić information content (AvgIpc) is 2.30. The maximum Gasteiger partial charge on any atom is 0.476 e. The molecule has 0 saturated carbocycles. The molecule has 2 unspecified atom stereocenters. The van der Waals surface area contributed by atoms with Crippen molar-refractivity contribution in [2.45, 2.75) is 47.3 Å². The highest BCUT2D eigenvalue weighted by Gasteiger charge is 2.38. The molecule has 0 heterocycles. The van der Waals surface area contributed by atoms with E-state index in [-0.39, 0.29) is 12.8 Å². The van der Waals surface area contributed by atoms with E-state index in [4.69, 9.17) is 9.05 Å². The maximum atomic E-state index is 11.7. The van der Waals surface area contributed by atoms with Gasteiger partial charge in [-0.05, 0) is 27.7 Å². The van der Waals surface area contributed by atoms with Crippen LogP contribution in [0, 0.1) is 0 Å². The molecule has 17 heavy (non-hydrogen) atoms. The van der Waals surface area contributed by atoms with Gasteiger partial charge in [0, 0.05) is 6.42 Å². The van der Waals surface area contributed by atoms with Crippen LogP contribution in [-0.4, -0.2) is 41.8 Å². The number of hydrogen-bond acceptors (Lipinski definition) is 3. The van der Waals surface area contributed by atoms with Crippen LogP contribution in [-0.2, 0) is 13.6 Å². The molecule has 0 saturated heterocycles. The Labute approximate surface area is 105 Å². The first-order valence-corrected chi connectivity index (χ1v) is 7.92. The van der Waals surface area contributed by atoms with Gasteiger partial charge in [0.2, 0.25) is 6.23 Å². The minimum absolute atomic E-state index is 0.175. The summed E-state index contributed by atoms with van der Waals surface area (Å²) in [7, 11) is -3.92. The molecular formula is C11H27NO4P+. The van der Waals surface area contributed by atoms with Gasteiger partial charge >= 0.3 is 7.82 Å². The van der Waals surface area contributed by atoms with Crippen LogP contribution in [0.5, 0.6) is 0 Å². The number of phosphoric acid groups is 1. The third kappa shape index (κ3) is 4.68. The van der Waals surface area contributed by atoms with Gasteiger partial charge in [0.1, 0.15) is 0 Å². The molecular weight excluding hydrogens is 241 g/mol. The number of nitrogens with zero attached hydrogens (tertiary/aromatic N) is 1. The second-order valence-electron chi connectivity index (χ2n) is 4.02. The van der Waals surface area contributed by atoms with Crippen LogP contribution in [0.3, 0.4) is 0 Å². The average molecular weight is 268 g/mol. The summed E-state index contributed by atoms with van der Waals surface area (Å²) in [6.45, 7) is 12.6. The fraction of sp³-hybridized carbons (Fsp3) is 1.00. The summed E-state index contributed by atoms with van der Waals surface area (Å²) < 4.78 is 22.4. The Balaban J connectivity index is 4.87. The van der Waals surface area contributed by atoms with Crippen LogP contribution < -0.4 is 0 Å². The van der Waals surface area contributed by atoms with Crippen LogP contribution in [0.25, 0.3) is 0 Å². The van der Waals surface area contributed by atoms with E-state index in [0.717, 1.165) is 19.6 Å². The highest BCUT2D eigenvalue weighted by atomic mass is 31.2. The minimum Gasteiger partial charge on any atom is -0.302 e. The lowest BCUT2D eigenvalue weighted by Crippen LogP contribution is -2.55. The van der Waals surface area contributed by atoms with E-state index in [2.05, 4.69) is 20.8 Å². The Hall–Kier alpha value is 0.0700. The van der Waals surface area contributed by atoms with E-state index in [1.807, 2.05) is 6.92 Å². The monoisotopic (exact) mass is 268 g/mol. The van der Waals surface area contributed by atoms with Crippen LogP contribution in [0.4, 0.5) is 0 Å². The first-order valence-electron chi connectivity index (χ1n) is 6.42. The maximum absolute atomic E-state index is 11.7. The molecule has 0 aromatic rings. The van der Waals surface area contributed by atoms with Gasteiger partial charge in [0.25, 0.3) is 0 Å². The summed E-state index contributed by atoms with van der Waals surface area (Å²) in [5, 5.41) is 0. The molecule has 0 rings (SSSR count). The van der Waals surface area contributed by atoms with Crippen molar-refractivity contribution in [1.82, 2.24) is 0 Å². The third-order valence-electron chi connectivity index (χ3n) is 3.40. The van der Waals surface area contributed by atoms with Gasteiger partial charge in [-0.25, -0.2) is 9.09 Å². The van der Waals surface area contributed by atoms with E-state index in [1.165, 1.54) is 0 Å². The molecule has 0 amide bonds. The van der Waals surface area contributed by atoms with Crippen LogP contribution in [0.15, 0.2) is 0 Å². The van der Waals surface area contributed by atoms with Crippen molar-refractivity contribution < 1.29 is 23.0 Å². The third-order valence-corrected chi connectivity index (χ3v) is 4.49. The Bertz CT molecular complexity index is 248. The quantitative estimate of drug-likeness (QED) is 0.397. The highest BCUT2D eigenvalue weighted by Crippen LogP contribution is 2.46. The lowest BCUT2D eigenvalue weighted by atomic mass is 10.2. The smallest absolute Gasteiger partial charge is 0.302 e. The largest absolute Gasteiger partial charge is 0.476 e. The summed E-state index contributed by atoms with van der Waals surface area (Å²) in [4.78, 5) is 9.57. The Kier molecular flexibility index (Phi) is 7.52. The number of quaternary nitrogens is 1. The molecule has 0 aliphatic rings. The molecule has 0 aliphatic carbocycles. The second kappa shape index (κ2) is 7.49. The van der Waals surface area contributed by atoms with E-state index in [1.54, 1.807) is 6.92 Å². The van der Waals surface area contributed by atoms with Crippen molar-refractivity contribution in [2.75, 3.05) is 26.2 Å². The Morgan fingerprint density at radius 1 is 1.12 bits per heavy atom. The molecule has 0 radical (unpaired) electrons. The zero-order valence-electron chi connectivity index (χ0n) is 11.7. The van der Waals surface area contributed by atoms with Crippen molar-refractivity contribution in [3.8, 4) is 0 Å². The molecule has 0 aliphatic heterocycles. The van der Waals surface area contributed by atoms with Gasteiger partial charge in [-0.3, -0.25) is 9.01 Å². The first kappa shape index (κ1) is 17.1. The van der Waals surface area contributed by atoms with Gasteiger partial charge in [-0.2, -0.15) is 0 Å². The fourth-order valence-corrected chi connectivity index (χ4v) is 3.23. The molecule has 0 spiro atoms. The predicted molar refractivity (Wildman–Crippen MR) is 68.5 cm³/mol. The second-order valence-corrected chi connectivity index (χ2v) is 5.43. The van der Waals surface area contributed by atoms with Gasteiger partial charge in [0.05, 0.1) is 26.2 Å². The molecule has 104 valence electrons. The highest BCUT2D eigenvalue weighted by molar-refractivity contribution is 7.47. The predicted octanol–water partition coefficient (Wildman–Crippen LogP) is 2.75. The van der Waals surface area contributed by atoms with Crippen molar-refractivity contribution in [2.24, 2.45) is 0 Å². The van der Waals surface area contributed by atoms with Gasteiger partial charge in [-0.1, -0.05) is 6.92 Å². The van der Waals surface area contributed by atoms with E-state index in [0.29, 0.717) is 10.9 Å². The van der Waals surface area contributed by atoms with Crippen molar-refractivity contribution in [3.63, 3.8) is 0 Å². The number of phosphoric ester groups is 1. The van der Waals surface area contributed by atoms with Gasteiger partial charge < -0.3 is 4.89 Å². The lowest BCUT2D eigenvalue weighted by molar-refractivity contribution is -0.964. The summed E-state index contributed by atoms with van der Waals surface area (Å²) in [5.41, 5.74) is 0. The molecule has 2 atom stereocenters. The summed E-state index contributed by atoms with van der Waals surface area (Å²) in [6.07, 6.45) is 0.394. The van der Waals surface area contributed by atoms with Crippen molar-refractivity contribution >= 4 is 7.82 Å². The van der Waals surface area contributed by atoms with Crippen LogP contribution in [0.1, 0.15) is 41.0 Å². The summed E-state index contributed by atoms with van der Waals surface area (Å²) in [6, 6.07) is 0. The zero-order chi connectivity index (χ0) is 13.5. The lowest BCUT2D eigenvalue weighted by Gasteiger charge is -2.42. The summed E-state index contributed by atoms with van der Waals surface area (Å²) in [5.74, 6) is 0. The van der Waals surface area contributed by atoms with E-state index >= 15 is 0 Å². The molecule has 0 aromatic carbocycles. The SMILES string of the molecule is CCOP(=O)(O)OC(CC)[N+](CC)(CC)CC. The standard InChI is InChI=1S/C11H26NO4P/c1-6-11(12(7-2,8-3)9-4)16-17(13,14)15-10-5/h11H,6-10H2,1-5H3/p+1. The first-order chi connectivity index (χ1) is 7.91. The molecule has 0 aromatic heterocycles. The number of rotatable bonds is 9. The Morgan fingerprint density at radius 3 is 1.88 bits per heavy atom. The van der Waals surface area contributed by atoms with E-state index < -0.39 is 7.82 Å². The zero-order valence-corrected chi connectivity index (χ0v) is 12.6. The minimum atomic E-state index is -3.92. The van der Waals surface area contributed by atoms with E-state index in [9.17, 15) is 9.46 Å². The Morgan fingerprint density at radius 2 is 1.59 bits per heavy atom. The topological polar surface area (TPSA) is 55.8 Å². The fourth-order valence-electron chi connectivity index (χ4n) is 2.19. The molecule has 0 bridgehead atoms. The molecule has 1 N–H and O–H groups in total. The van der Waals surface area contributed by atoms with Crippen molar-refractivity contribution in [1.29, 1.82) is 0 Å². The molecule has 0 fully saturated rings. The van der Waals surface area contributed by atoms with Crippen molar-refractivity contribution in [3.05, 3.63) is 0 Å².